The Morgan fingerprint density at radius 2 is 2.05 bits per heavy atom. The van der Waals surface area contributed by atoms with Crippen molar-refractivity contribution in [3.63, 3.8) is 0 Å². The summed E-state index contributed by atoms with van der Waals surface area (Å²) in [4.78, 5) is 22.6. The van der Waals surface area contributed by atoms with Crippen LogP contribution < -0.4 is 0 Å². The van der Waals surface area contributed by atoms with Crippen molar-refractivity contribution in [2.24, 2.45) is 0 Å². The Bertz CT molecular complexity index is 614. The summed E-state index contributed by atoms with van der Waals surface area (Å²) in [6.07, 6.45) is 1.30. The molecule has 0 fully saturated rings. The largest absolute Gasteiger partial charge is 0.490 e. The van der Waals surface area contributed by atoms with Gasteiger partial charge in [0.1, 0.15) is 11.3 Å². The van der Waals surface area contributed by atoms with Crippen LogP contribution >= 0.6 is 0 Å². The van der Waals surface area contributed by atoms with Crippen molar-refractivity contribution in [3.8, 4) is 0 Å². The average molecular weight is 259 g/mol. The van der Waals surface area contributed by atoms with Crippen LogP contribution in [0.15, 0.2) is 36.4 Å². The average Bonchev–Trinajstić information content (AvgIpc) is 2.34. The first-order chi connectivity index (χ1) is 8.91. The van der Waals surface area contributed by atoms with Crippen LogP contribution in [-0.4, -0.2) is 16.8 Å². The van der Waals surface area contributed by atoms with Crippen LogP contribution in [-0.2, 0) is 4.74 Å². The van der Waals surface area contributed by atoms with Crippen molar-refractivity contribution in [2.45, 2.75) is 20.0 Å². The van der Waals surface area contributed by atoms with E-state index < -0.39 is 4.92 Å². The van der Waals surface area contributed by atoms with Crippen LogP contribution in [0.5, 0.6) is 0 Å². The molecule has 98 valence electrons. The Labute approximate surface area is 110 Å². The van der Waals surface area contributed by atoms with E-state index in [9.17, 15) is 14.9 Å². The number of Topliss-reactive ketones (excluding diaryl/α,β-unsaturated/α-hetero) is 1. The highest BCUT2D eigenvalue weighted by Crippen LogP contribution is 2.36. The van der Waals surface area contributed by atoms with E-state index in [0.717, 1.165) is 0 Å². The summed E-state index contributed by atoms with van der Waals surface area (Å²) in [5, 5.41) is 11.1. The number of carbonyl (C=O) groups is 1. The molecule has 0 N–H and O–H groups in total. The molecule has 0 bridgehead atoms. The molecule has 0 amide bonds. The summed E-state index contributed by atoms with van der Waals surface area (Å²) < 4.78 is 5.57. The van der Waals surface area contributed by atoms with E-state index >= 15 is 0 Å². The van der Waals surface area contributed by atoms with Gasteiger partial charge in [0.2, 0.25) is 0 Å². The number of fused-ring (bicyclic) bond motifs is 1. The van der Waals surface area contributed by atoms with Gasteiger partial charge in [-0.15, -0.1) is 0 Å². The Balaban J connectivity index is 2.68. The SMILES string of the molecule is C=C1C=C(OC(C)C)c2c(cccc2[N+](=O)[O-])C1=O. The van der Waals surface area contributed by atoms with E-state index in [4.69, 9.17) is 4.74 Å². The van der Waals surface area contributed by atoms with E-state index in [0.29, 0.717) is 5.76 Å². The number of hydrogen-bond acceptors (Lipinski definition) is 4. The topological polar surface area (TPSA) is 69.4 Å². The molecule has 0 heterocycles. The lowest BCUT2D eigenvalue weighted by Crippen LogP contribution is -2.15. The highest BCUT2D eigenvalue weighted by molar-refractivity contribution is 6.16. The molecule has 1 aromatic rings. The van der Waals surface area contributed by atoms with Crippen LogP contribution in [0.1, 0.15) is 29.8 Å². The Morgan fingerprint density at radius 3 is 2.63 bits per heavy atom. The van der Waals surface area contributed by atoms with E-state index in [1.54, 1.807) is 6.07 Å². The van der Waals surface area contributed by atoms with Crippen molar-refractivity contribution in [3.05, 3.63) is 57.7 Å². The summed E-state index contributed by atoms with van der Waals surface area (Å²) in [7, 11) is 0. The second-order valence-corrected chi connectivity index (χ2v) is 4.49. The first-order valence-electron chi connectivity index (χ1n) is 5.81. The predicted molar refractivity (Wildman–Crippen MR) is 70.8 cm³/mol. The van der Waals surface area contributed by atoms with Crippen molar-refractivity contribution >= 4 is 17.2 Å². The molecule has 0 aliphatic heterocycles. The summed E-state index contributed by atoms with van der Waals surface area (Å²) in [5.41, 5.74) is 0.629. The minimum Gasteiger partial charge on any atom is -0.490 e. The zero-order valence-corrected chi connectivity index (χ0v) is 10.7. The quantitative estimate of drug-likeness (QED) is 0.475. The molecule has 19 heavy (non-hydrogen) atoms. The summed E-state index contributed by atoms with van der Waals surface area (Å²) in [6.45, 7) is 7.28. The lowest BCUT2D eigenvalue weighted by molar-refractivity contribution is -0.385. The molecular formula is C14H13NO4. The molecule has 1 aliphatic carbocycles. The molecule has 0 unspecified atom stereocenters. The Hall–Kier alpha value is -2.43. The fourth-order valence-corrected chi connectivity index (χ4v) is 1.96. The van der Waals surface area contributed by atoms with Crippen molar-refractivity contribution in [1.29, 1.82) is 0 Å². The smallest absolute Gasteiger partial charge is 0.281 e. The monoisotopic (exact) mass is 259 g/mol. The Kier molecular flexibility index (Phi) is 3.21. The maximum absolute atomic E-state index is 12.0. The lowest BCUT2D eigenvalue weighted by atomic mass is 9.90. The molecule has 0 spiro atoms. The second-order valence-electron chi connectivity index (χ2n) is 4.49. The number of ketones is 1. The van der Waals surface area contributed by atoms with Gasteiger partial charge in [0.05, 0.1) is 11.0 Å². The molecular weight excluding hydrogens is 246 g/mol. The van der Waals surface area contributed by atoms with Gasteiger partial charge in [-0.2, -0.15) is 0 Å². The number of hydrogen-bond donors (Lipinski definition) is 0. The maximum atomic E-state index is 12.0. The number of nitrogens with zero attached hydrogens (tertiary/aromatic N) is 1. The van der Waals surface area contributed by atoms with Crippen molar-refractivity contribution in [2.75, 3.05) is 0 Å². The first kappa shape index (κ1) is 13.0. The molecule has 0 aromatic heterocycles. The number of nitro groups is 1. The standard InChI is InChI=1S/C14H13NO4/c1-8(2)19-12-7-9(3)14(16)10-5-4-6-11(13(10)12)15(17)18/h4-8H,3H2,1-2H3. The van der Waals surface area contributed by atoms with Crippen molar-refractivity contribution < 1.29 is 14.5 Å². The molecule has 5 heteroatoms. The van der Waals surface area contributed by atoms with Gasteiger partial charge < -0.3 is 4.74 Å². The number of ether oxygens (including phenoxy) is 1. The first-order valence-corrected chi connectivity index (χ1v) is 5.81. The van der Waals surface area contributed by atoms with Gasteiger partial charge >= 0.3 is 0 Å². The minimum atomic E-state index is -0.516. The van der Waals surface area contributed by atoms with Gasteiger partial charge in [-0.25, -0.2) is 0 Å². The predicted octanol–water partition coefficient (Wildman–Crippen LogP) is 3.11. The number of rotatable bonds is 3. The lowest BCUT2D eigenvalue weighted by Gasteiger charge is -2.20. The third-order valence-corrected chi connectivity index (χ3v) is 2.69. The van der Waals surface area contributed by atoms with E-state index in [1.807, 2.05) is 13.8 Å². The molecule has 5 nitrogen and oxygen atoms in total. The van der Waals surface area contributed by atoms with Crippen LogP contribution in [0.3, 0.4) is 0 Å². The Morgan fingerprint density at radius 1 is 1.37 bits per heavy atom. The van der Waals surface area contributed by atoms with Crippen LogP contribution in [0.4, 0.5) is 5.69 Å². The molecule has 1 aromatic carbocycles. The molecule has 0 radical (unpaired) electrons. The van der Waals surface area contributed by atoms with Gasteiger partial charge in [0, 0.05) is 17.2 Å². The van der Waals surface area contributed by atoms with E-state index in [2.05, 4.69) is 6.58 Å². The number of carbonyl (C=O) groups excluding carboxylic acids is 1. The second kappa shape index (κ2) is 4.68. The summed E-state index contributed by atoms with van der Waals surface area (Å²) in [5.74, 6) is 0.0108. The van der Waals surface area contributed by atoms with Crippen molar-refractivity contribution in [1.82, 2.24) is 0 Å². The van der Waals surface area contributed by atoms with Gasteiger partial charge in [0.15, 0.2) is 5.78 Å². The minimum absolute atomic E-state index is 0.134. The van der Waals surface area contributed by atoms with Crippen LogP contribution in [0.2, 0.25) is 0 Å². The fourth-order valence-electron chi connectivity index (χ4n) is 1.96. The van der Waals surface area contributed by atoms with Crippen LogP contribution in [0.25, 0.3) is 5.76 Å². The van der Waals surface area contributed by atoms with Gasteiger partial charge in [0.25, 0.3) is 5.69 Å². The molecule has 0 atom stereocenters. The number of allylic oxidation sites excluding steroid dienone is 2. The molecule has 2 rings (SSSR count). The third-order valence-electron chi connectivity index (χ3n) is 2.69. The number of nitro benzene ring substituents is 1. The summed E-state index contributed by atoms with van der Waals surface area (Å²) in [6, 6.07) is 4.39. The highest BCUT2D eigenvalue weighted by Gasteiger charge is 2.30. The zero-order valence-electron chi connectivity index (χ0n) is 10.7. The molecule has 1 aliphatic rings. The maximum Gasteiger partial charge on any atom is 0.281 e. The van der Waals surface area contributed by atoms with Gasteiger partial charge in [-0.1, -0.05) is 12.6 Å². The van der Waals surface area contributed by atoms with Crippen LogP contribution in [0, 0.1) is 10.1 Å². The van der Waals surface area contributed by atoms with E-state index in [-0.39, 0.29) is 34.3 Å². The van der Waals surface area contributed by atoms with Gasteiger partial charge in [-0.3, -0.25) is 14.9 Å². The number of benzene rings is 1. The molecule has 0 saturated carbocycles. The van der Waals surface area contributed by atoms with E-state index in [1.165, 1.54) is 18.2 Å². The summed E-state index contributed by atoms with van der Waals surface area (Å²) >= 11 is 0. The zero-order chi connectivity index (χ0) is 14.2. The third kappa shape index (κ3) is 2.27. The normalized spacial score (nSPS) is 14.2. The fraction of sp³-hybridized carbons (Fsp3) is 0.214. The molecule has 0 saturated heterocycles. The van der Waals surface area contributed by atoms with Gasteiger partial charge in [-0.05, 0) is 26.0 Å². The highest BCUT2D eigenvalue weighted by atomic mass is 16.6.